The second-order valence-electron chi connectivity index (χ2n) is 23.6. The third-order valence-electron chi connectivity index (χ3n) is 17.2. The van der Waals surface area contributed by atoms with Crippen LogP contribution < -0.4 is 5.32 Å². The molecule has 2 aromatic rings. The van der Waals surface area contributed by atoms with E-state index in [1.165, 1.54) is 30.7 Å². The molecule has 0 unspecified atom stereocenters. The minimum atomic E-state index is -1.83. The number of alkyl halides is 1. The van der Waals surface area contributed by atoms with E-state index in [9.17, 15) is 39.2 Å². The molecule has 5 heterocycles. The Hall–Kier alpha value is -3.78. The van der Waals surface area contributed by atoms with Gasteiger partial charge in [0.2, 0.25) is 5.91 Å². The molecule has 4 fully saturated rings. The number of aliphatic hydroxyl groups is 4. The predicted molar refractivity (Wildman–Crippen MR) is 286 cm³/mol. The molecule has 0 bridgehead atoms. The van der Waals surface area contributed by atoms with Gasteiger partial charge < -0.3 is 73.6 Å². The maximum absolute atomic E-state index is 15.0. The summed E-state index contributed by atoms with van der Waals surface area (Å²) in [5.74, 6) is -3.11. The number of nitrogens with zero attached hydrogens (tertiary/aromatic N) is 6. The van der Waals surface area contributed by atoms with E-state index >= 15 is 0 Å². The summed E-state index contributed by atoms with van der Waals surface area (Å²) < 4.78 is 60.9. The van der Waals surface area contributed by atoms with Crippen molar-refractivity contribution in [3.8, 4) is 0 Å². The number of esters is 1. The normalized spacial score (nSPS) is 38.0. The number of cyclic esters (lactones) is 1. The zero-order chi connectivity index (χ0) is 57.6. The van der Waals surface area contributed by atoms with E-state index in [0.29, 0.717) is 62.3 Å². The Balaban J connectivity index is 1.21. The number of ether oxygens (including phenoxy) is 7. The van der Waals surface area contributed by atoms with Crippen LogP contribution in [0.15, 0.2) is 30.5 Å². The average molecular weight is 1110 g/mol. The van der Waals surface area contributed by atoms with Crippen LogP contribution in [0.1, 0.15) is 135 Å². The first-order valence-corrected chi connectivity index (χ1v) is 27.9. The van der Waals surface area contributed by atoms with Gasteiger partial charge in [-0.05, 0) is 105 Å². The summed E-state index contributed by atoms with van der Waals surface area (Å²) in [5.41, 5.74) is -2.76. The highest BCUT2D eigenvalue weighted by molar-refractivity contribution is 5.97. The molecular formula is C56H92FN7O14. The van der Waals surface area contributed by atoms with Crippen LogP contribution in [0, 0.1) is 17.8 Å². The molecule has 4 saturated heterocycles. The molecule has 4 aliphatic rings. The lowest BCUT2D eigenvalue weighted by molar-refractivity contribution is -0.308. The topological polar surface area (TPSA) is 249 Å². The number of hydrogen-bond donors (Lipinski definition) is 5. The van der Waals surface area contributed by atoms with Crippen molar-refractivity contribution in [2.45, 2.75) is 204 Å². The highest BCUT2D eigenvalue weighted by Gasteiger charge is 2.52. The molecular weight excluding hydrogens is 1010 g/mol. The molecule has 442 valence electrons. The Morgan fingerprint density at radius 3 is 2.29 bits per heavy atom. The number of piperazine rings is 1. The molecule has 22 heteroatoms. The minimum absolute atomic E-state index is 0.0129. The van der Waals surface area contributed by atoms with Gasteiger partial charge in [0.05, 0.1) is 53.8 Å². The molecule has 19 atom stereocenters. The predicted octanol–water partition coefficient (Wildman–Crippen LogP) is 3.60. The molecule has 6 rings (SSSR count). The molecule has 5 N–H and O–H groups in total. The third-order valence-corrected chi connectivity index (χ3v) is 17.2. The van der Waals surface area contributed by atoms with Crippen LogP contribution in [0.5, 0.6) is 0 Å². The number of aliphatic hydroxyl groups excluding tert-OH is 2. The Bertz CT molecular complexity index is 2260. The van der Waals surface area contributed by atoms with Gasteiger partial charge in [-0.1, -0.05) is 38.1 Å². The number of carbonyl (C=O) groups excluding carboxylic acids is 3. The number of hydrogen-bond acceptors (Lipinski definition) is 18. The van der Waals surface area contributed by atoms with Crippen molar-refractivity contribution in [1.82, 2.24) is 35.0 Å². The molecule has 2 amide bonds. The van der Waals surface area contributed by atoms with E-state index in [0.717, 1.165) is 0 Å². The molecule has 4 aliphatic heterocycles. The summed E-state index contributed by atoms with van der Waals surface area (Å²) in [7, 11) is 6.86. The summed E-state index contributed by atoms with van der Waals surface area (Å²) in [6.07, 6.45) is -5.08. The van der Waals surface area contributed by atoms with Crippen molar-refractivity contribution in [1.29, 1.82) is 0 Å². The number of methoxy groups -OCH3 is 2. The van der Waals surface area contributed by atoms with Crippen LogP contribution in [-0.2, 0) is 49.2 Å². The number of aromatic nitrogens is 3. The van der Waals surface area contributed by atoms with Crippen LogP contribution in [0.4, 0.5) is 4.39 Å². The maximum Gasteiger partial charge on any atom is 0.311 e. The Labute approximate surface area is 460 Å². The molecule has 0 radical (unpaired) electrons. The molecule has 1 aromatic heterocycles. The first-order valence-electron chi connectivity index (χ1n) is 27.9. The van der Waals surface area contributed by atoms with Crippen molar-refractivity contribution >= 4 is 17.8 Å². The van der Waals surface area contributed by atoms with Crippen molar-refractivity contribution in [2.75, 3.05) is 67.7 Å². The summed E-state index contributed by atoms with van der Waals surface area (Å²) in [6.45, 7) is 18.8. The number of benzene rings is 1. The van der Waals surface area contributed by atoms with E-state index in [-0.39, 0.29) is 55.7 Å². The summed E-state index contributed by atoms with van der Waals surface area (Å²) >= 11 is 0. The minimum Gasteiger partial charge on any atom is -0.459 e. The lowest BCUT2D eigenvalue weighted by atomic mass is 9.77. The van der Waals surface area contributed by atoms with Gasteiger partial charge in [-0.2, -0.15) is 0 Å². The second kappa shape index (κ2) is 26.9. The monoisotopic (exact) mass is 1110 g/mol. The number of nitrogens with one attached hydrogen (secondary N) is 1. The first-order chi connectivity index (χ1) is 36.7. The van der Waals surface area contributed by atoms with Gasteiger partial charge in [0, 0.05) is 89.4 Å². The number of rotatable bonds is 16. The fourth-order valence-corrected chi connectivity index (χ4v) is 12.3. The van der Waals surface area contributed by atoms with Gasteiger partial charge in [-0.15, -0.1) is 5.10 Å². The zero-order valence-electron chi connectivity index (χ0n) is 48.5. The van der Waals surface area contributed by atoms with Gasteiger partial charge in [0.1, 0.15) is 42.7 Å². The van der Waals surface area contributed by atoms with E-state index in [1.54, 1.807) is 72.0 Å². The smallest absolute Gasteiger partial charge is 0.311 e. The van der Waals surface area contributed by atoms with Gasteiger partial charge >= 0.3 is 5.97 Å². The van der Waals surface area contributed by atoms with Crippen LogP contribution in [0.2, 0.25) is 0 Å². The van der Waals surface area contributed by atoms with Crippen molar-refractivity contribution in [2.24, 2.45) is 17.8 Å². The zero-order valence-corrected chi connectivity index (χ0v) is 48.5. The van der Waals surface area contributed by atoms with Gasteiger partial charge in [-0.3, -0.25) is 14.4 Å². The Morgan fingerprint density at radius 2 is 1.67 bits per heavy atom. The largest absolute Gasteiger partial charge is 0.459 e. The summed E-state index contributed by atoms with van der Waals surface area (Å²) in [4.78, 5) is 45.1. The fourth-order valence-electron chi connectivity index (χ4n) is 12.3. The first kappa shape index (κ1) is 63.4. The average Bonchev–Trinajstić information content (AvgIpc) is 3.91. The molecule has 1 aromatic carbocycles. The molecule has 0 aliphatic carbocycles. The van der Waals surface area contributed by atoms with E-state index in [1.807, 2.05) is 39.8 Å². The highest BCUT2D eigenvalue weighted by atomic mass is 19.1. The summed E-state index contributed by atoms with van der Waals surface area (Å²) in [6, 6.07) is 5.27. The van der Waals surface area contributed by atoms with Crippen molar-refractivity contribution in [3.63, 3.8) is 0 Å². The molecule has 78 heavy (non-hydrogen) atoms. The summed E-state index contributed by atoms with van der Waals surface area (Å²) in [5, 5.41) is 59.1. The lowest BCUT2D eigenvalue weighted by Gasteiger charge is -2.48. The third kappa shape index (κ3) is 14.8. The SMILES string of the molecule is CC[C@H]1OC(=O)[C@H](C)[C@@H](O[C@H]2C[C@@](C)(OC)[C@@H](O)[C@H](C)O2)[C@H](C)[C@@H](O[C@H]2C[C@@H](N(C)CCc3cn([C@H](CF)[C@H](OC)c4ccc(C(=O)N5CCNC(=O)C5)cc4)nn3)C[C@@H](C)O2)[C@](C)(O)C[C@@H](C)CN(C)[C@H](C)[C@@H](O)[C@]1(C)O. The van der Waals surface area contributed by atoms with Gasteiger partial charge in [0.15, 0.2) is 12.6 Å². The number of amides is 2. The van der Waals surface area contributed by atoms with E-state index < -0.39 is 109 Å². The van der Waals surface area contributed by atoms with Crippen LogP contribution in [-0.4, -0.2) is 220 Å². The van der Waals surface area contributed by atoms with E-state index in [2.05, 4.69) is 20.5 Å². The number of carbonyl (C=O) groups is 3. The quantitative estimate of drug-likeness (QED) is 0.151. The molecule has 0 saturated carbocycles. The molecule has 21 nitrogen and oxygen atoms in total. The fraction of sp³-hybridized carbons (Fsp3) is 0.804. The number of likely N-dealkylation sites (N-methyl/N-ethyl adjacent to an activating group) is 2. The van der Waals surface area contributed by atoms with Crippen molar-refractivity contribution < 1.29 is 72.4 Å². The maximum atomic E-state index is 15.0. The standard InChI is InChI=1S/C56H92FN7O14/c1-15-43-56(10,71)49(66)36(6)62(12)29-32(2)26-54(8,70)51(34(4)47(35(5)53(69)76-43)77-46-27-55(9,73-14)50(67)37(7)75-46)78-45-25-41(24-33(3)74-45)61(11)22-20-40-30-64(60-59-40)42(28-57)48(72-13)38-16-18-39(19-17-38)52(68)63-23-21-58-44(65)31-63/h16-19,30,32-37,41-43,45-51,66-67,70-71H,15,20-29,31H2,1-14H3,(H,58,65)/t32-,33-,34+,35-,36-,37+,41+,42-,43-,45+,46+,47+,48-,49-,50+,51-,54-,55-,56-/m1/s1. The van der Waals surface area contributed by atoms with Gasteiger partial charge in [-0.25, -0.2) is 9.07 Å². The number of halogens is 1. The van der Waals surface area contributed by atoms with Crippen LogP contribution in [0.25, 0.3) is 0 Å². The van der Waals surface area contributed by atoms with Crippen LogP contribution in [0.3, 0.4) is 0 Å². The highest BCUT2D eigenvalue weighted by Crippen LogP contribution is 2.41. The molecule has 0 spiro atoms. The van der Waals surface area contributed by atoms with Crippen LogP contribution >= 0.6 is 0 Å². The van der Waals surface area contributed by atoms with E-state index in [4.69, 9.17) is 33.2 Å². The van der Waals surface area contributed by atoms with Gasteiger partial charge in [0.25, 0.3) is 5.91 Å². The van der Waals surface area contributed by atoms with Crippen molar-refractivity contribution in [3.05, 3.63) is 47.3 Å². The Kier molecular flexibility index (Phi) is 21.8. The Morgan fingerprint density at radius 1 is 0.974 bits per heavy atom. The second-order valence-corrected chi connectivity index (χ2v) is 23.6. The lowest BCUT2D eigenvalue weighted by Crippen LogP contribution is -2.59.